The molecule has 1 amide bonds. The van der Waals surface area contributed by atoms with Crippen LogP contribution in [-0.2, 0) is 4.79 Å². The summed E-state index contributed by atoms with van der Waals surface area (Å²) in [6.07, 6.45) is 6.13. The first-order valence-electron chi connectivity index (χ1n) is 5.69. The van der Waals surface area contributed by atoms with E-state index in [1.54, 1.807) is 0 Å². The van der Waals surface area contributed by atoms with Crippen LogP contribution in [0.2, 0.25) is 0 Å². The van der Waals surface area contributed by atoms with E-state index in [0.29, 0.717) is 12.2 Å². The Labute approximate surface area is 91.2 Å². The van der Waals surface area contributed by atoms with Crippen LogP contribution < -0.4 is 5.32 Å². The minimum absolute atomic E-state index is 0.173. The lowest BCUT2D eigenvalue weighted by atomic mass is 9.98. The van der Waals surface area contributed by atoms with Gasteiger partial charge in [0.25, 0.3) is 0 Å². The summed E-state index contributed by atoms with van der Waals surface area (Å²) in [4.78, 5) is 11.3. The fourth-order valence-corrected chi connectivity index (χ4v) is 2.39. The summed E-state index contributed by atoms with van der Waals surface area (Å²) in [5.41, 5.74) is 0. The highest BCUT2D eigenvalue weighted by Gasteiger charge is 2.41. The van der Waals surface area contributed by atoms with Crippen molar-refractivity contribution in [3.8, 4) is 0 Å². The van der Waals surface area contributed by atoms with Crippen molar-refractivity contribution >= 4 is 18.5 Å². The molecule has 0 radical (unpaired) electrons. The van der Waals surface area contributed by atoms with Gasteiger partial charge in [0.2, 0.25) is 5.91 Å². The first-order valence-corrected chi connectivity index (χ1v) is 6.32. The molecule has 0 aromatic rings. The Balaban J connectivity index is 1.68. The van der Waals surface area contributed by atoms with Crippen molar-refractivity contribution in [2.75, 3.05) is 12.3 Å². The number of nitrogens with one attached hydrogen (secondary N) is 1. The van der Waals surface area contributed by atoms with Crippen LogP contribution in [0, 0.1) is 17.8 Å². The second-order valence-corrected chi connectivity index (χ2v) is 5.06. The van der Waals surface area contributed by atoms with Crippen LogP contribution in [0.25, 0.3) is 0 Å². The van der Waals surface area contributed by atoms with E-state index in [-0.39, 0.29) is 5.91 Å². The third-order valence-electron chi connectivity index (χ3n) is 3.33. The third-order valence-corrected chi connectivity index (χ3v) is 3.55. The first-order chi connectivity index (χ1) is 6.81. The smallest absolute Gasteiger partial charge is 0.220 e. The zero-order chi connectivity index (χ0) is 9.97. The summed E-state index contributed by atoms with van der Waals surface area (Å²) < 4.78 is 0. The van der Waals surface area contributed by atoms with E-state index >= 15 is 0 Å². The van der Waals surface area contributed by atoms with Gasteiger partial charge >= 0.3 is 0 Å². The second kappa shape index (κ2) is 4.56. The van der Waals surface area contributed by atoms with Gasteiger partial charge in [0.15, 0.2) is 0 Å². The van der Waals surface area contributed by atoms with Gasteiger partial charge in [0.1, 0.15) is 0 Å². The van der Waals surface area contributed by atoms with Gasteiger partial charge < -0.3 is 5.32 Å². The van der Waals surface area contributed by atoms with Crippen molar-refractivity contribution in [2.24, 2.45) is 17.8 Å². The Bertz CT molecular complexity index is 199. The molecule has 0 unspecified atom stereocenters. The summed E-state index contributed by atoms with van der Waals surface area (Å²) in [6.45, 7) is 0.919. The highest BCUT2D eigenvalue weighted by atomic mass is 32.1. The second-order valence-electron chi connectivity index (χ2n) is 4.62. The van der Waals surface area contributed by atoms with E-state index in [0.717, 1.165) is 24.3 Å². The zero-order valence-corrected chi connectivity index (χ0v) is 9.43. The molecule has 0 spiro atoms. The lowest BCUT2D eigenvalue weighted by Gasteiger charge is -2.15. The number of carbonyl (C=O) groups excluding carboxylic acids is 1. The van der Waals surface area contributed by atoms with Crippen molar-refractivity contribution in [2.45, 2.75) is 32.1 Å². The molecule has 2 saturated carbocycles. The molecule has 0 aromatic carbocycles. The monoisotopic (exact) mass is 213 g/mol. The molecule has 3 heteroatoms. The van der Waals surface area contributed by atoms with E-state index < -0.39 is 0 Å². The van der Waals surface area contributed by atoms with E-state index in [9.17, 15) is 4.79 Å². The average molecular weight is 213 g/mol. The Morgan fingerprint density at radius 1 is 1.29 bits per heavy atom. The van der Waals surface area contributed by atoms with Crippen LogP contribution in [0.5, 0.6) is 0 Å². The van der Waals surface area contributed by atoms with E-state index in [1.165, 1.54) is 25.7 Å². The Hall–Kier alpha value is -0.180. The average Bonchev–Trinajstić information content (AvgIpc) is 3.01. The van der Waals surface area contributed by atoms with Gasteiger partial charge in [-0.2, -0.15) is 12.6 Å². The SMILES string of the molecule is O=C(CCS)NCC(C1CC1)C1CC1. The molecule has 2 aliphatic carbocycles. The number of hydrogen-bond donors (Lipinski definition) is 2. The van der Waals surface area contributed by atoms with Crippen molar-refractivity contribution in [1.82, 2.24) is 5.32 Å². The highest BCUT2D eigenvalue weighted by molar-refractivity contribution is 7.80. The fourth-order valence-electron chi connectivity index (χ4n) is 2.19. The van der Waals surface area contributed by atoms with Gasteiger partial charge in [-0.1, -0.05) is 0 Å². The maximum atomic E-state index is 11.3. The minimum atomic E-state index is 0.173. The molecule has 14 heavy (non-hydrogen) atoms. The molecule has 0 saturated heterocycles. The number of carbonyl (C=O) groups is 1. The largest absolute Gasteiger partial charge is 0.356 e. The Kier molecular flexibility index (Phi) is 3.37. The lowest BCUT2D eigenvalue weighted by Crippen LogP contribution is -2.31. The maximum Gasteiger partial charge on any atom is 0.220 e. The van der Waals surface area contributed by atoms with Gasteiger partial charge in [-0.15, -0.1) is 0 Å². The van der Waals surface area contributed by atoms with Gasteiger partial charge in [0.05, 0.1) is 0 Å². The summed E-state index contributed by atoms with van der Waals surface area (Å²) in [5, 5.41) is 3.04. The molecule has 0 aliphatic heterocycles. The molecule has 0 aromatic heterocycles. The van der Waals surface area contributed by atoms with Gasteiger partial charge in [-0.3, -0.25) is 4.79 Å². The van der Waals surface area contributed by atoms with E-state index in [4.69, 9.17) is 0 Å². The number of rotatable bonds is 6. The predicted octanol–water partition coefficient (Wildman–Crippen LogP) is 1.86. The molecule has 0 atom stereocenters. The number of thiol groups is 1. The summed E-state index contributed by atoms with van der Waals surface area (Å²) in [5.74, 6) is 3.48. The topological polar surface area (TPSA) is 29.1 Å². The van der Waals surface area contributed by atoms with Crippen LogP contribution in [-0.4, -0.2) is 18.2 Å². The Morgan fingerprint density at radius 2 is 1.86 bits per heavy atom. The molecule has 1 N–H and O–H groups in total. The van der Waals surface area contributed by atoms with Crippen LogP contribution in [0.1, 0.15) is 32.1 Å². The summed E-state index contributed by atoms with van der Waals surface area (Å²) in [6, 6.07) is 0. The summed E-state index contributed by atoms with van der Waals surface area (Å²) >= 11 is 4.05. The van der Waals surface area contributed by atoms with Crippen LogP contribution in [0.3, 0.4) is 0 Å². The number of amides is 1. The maximum absolute atomic E-state index is 11.3. The standard InChI is InChI=1S/C11H19NOS/c13-11(5-6-14)12-7-10(8-1-2-8)9-3-4-9/h8-10,14H,1-7H2,(H,12,13). The normalized spacial score (nSPS) is 21.3. The quantitative estimate of drug-likeness (QED) is 0.648. The van der Waals surface area contributed by atoms with Crippen LogP contribution in [0.4, 0.5) is 0 Å². The molecule has 80 valence electrons. The van der Waals surface area contributed by atoms with Crippen molar-refractivity contribution in [1.29, 1.82) is 0 Å². The molecule has 2 aliphatic rings. The predicted molar refractivity (Wildman–Crippen MR) is 60.4 cm³/mol. The molecule has 2 rings (SSSR count). The van der Waals surface area contributed by atoms with E-state index in [2.05, 4.69) is 17.9 Å². The molecule has 2 fully saturated rings. The number of hydrogen-bond acceptors (Lipinski definition) is 2. The van der Waals surface area contributed by atoms with Crippen LogP contribution >= 0.6 is 12.6 Å². The Morgan fingerprint density at radius 3 is 2.29 bits per heavy atom. The molecular weight excluding hydrogens is 194 g/mol. The van der Waals surface area contributed by atoms with Crippen molar-refractivity contribution in [3.05, 3.63) is 0 Å². The third kappa shape index (κ3) is 2.91. The van der Waals surface area contributed by atoms with Gasteiger partial charge in [0, 0.05) is 13.0 Å². The molecular formula is C11H19NOS. The van der Waals surface area contributed by atoms with Gasteiger partial charge in [-0.05, 0) is 49.2 Å². The van der Waals surface area contributed by atoms with E-state index in [1.807, 2.05) is 0 Å². The van der Waals surface area contributed by atoms with Gasteiger partial charge in [-0.25, -0.2) is 0 Å². The molecule has 2 nitrogen and oxygen atoms in total. The minimum Gasteiger partial charge on any atom is -0.356 e. The molecule has 0 heterocycles. The first kappa shape index (κ1) is 10.3. The fraction of sp³-hybridized carbons (Fsp3) is 0.909. The van der Waals surface area contributed by atoms with Crippen LogP contribution in [0.15, 0.2) is 0 Å². The van der Waals surface area contributed by atoms with Crippen molar-refractivity contribution in [3.63, 3.8) is 0 Å². The lowest BCUT2D eigenvalue weighted by molar-refractivity contribution is -0.120. The highest BCUT2D eigenvalue weighted by Crippen LogP contribution is 2.48. The summed E-state index contributed by atoms with van der Waals surface area (Å²) in [7, 11) is 0. The zero-order valence-electron chi connectivity index (χ0n) is 8.54. The molecule has 0 bridgehead atoms. The van der Waals surface area contributed by atoms with Crippen molar-refractivity contribution < 1.29 is 4.79 Å².